The van der Waals surface area contributed by atoms with Crippen molar-refractivity contribution in [2.24, 2.45) is 0 Å². The Morgan fingerprint density at radius 3 is 2.85 bits per heavy atom. The van der Waals surface area contributed by atoms with Gasteiger partial charge in [-0.1, -0.05) is 19.1 Å². The van der Waals surface area contributed by atoms with E-state index in [2.05, 4.69) is 6.92 Å². The van der Waals surface area contributed by atoms with Gasteiger partial charge in [-0.3, -0.25) is 14.5 Å². The van der Waals surface area contributed by atoms with Crippen LogP contribution in [0.4, 0.5) is 5.69 Å². The minimum atomic E-state index is -0.362. The molecule has 2 heterocycles. The number of nitrogens with one attached hydrogen (secondary N) is 1. The molecule has 20 heavy (non-hydrogen) atoms. The number of hydrogen-bond donors (Lipinski definition) is 1. The molecule has 1 N–H and O–H groups in total. The van der Waals surface area contributed by atoms with E-state index in [1.54, 1.807) is 11.0 Å². The zero-order valence-electron chi connectivity index (χ0n) is 11.9. The third-order valence-electron chi connectivity index (χ3n) is 4.61. The van der Waals surface area contributed by atoms with Crippen molar-refractivity contribution in [2.45, 2.75) is 38.6 Å². The van der Waals surface area contributed by atoms with Gasteiger partial charge in [-0.15, -0.1) is 0 Å². The molecule has 2 aliphatic heterocycles. The Morgan fingerprint density at radius 1 is 1.25 bits per heavy atom. The number of quaternary nitrogens is 1. The summed E-state index contributed by atoms with van der Waals surface area (Å²) >= 11 is 0. The minimum Gasteiger partial charge on any atom is -0.315 e. The van der Waals surface area contributed by atoms with Crippen LogP contribution in [-0.2, 0) is 4.79 Å². The van der Waals surface area contributed by atoms with Crippen LogP contribution in [-0.4, -0.2) is 30.9 Å². The van der Waals surface area contributed by atoms with Gasteiger partial charge in [0, 0.05) is 0 Å². The molecule has 0 bridgehead atoms. The van der Waals surface area contributed by atoms with Crippen LogP contribution in [0.25, 0.3) is 0 Å². The fraction of sp³-hybridized carbons (Fsp3) is 0.500. The number of hydrogen-bond acceptors (Lipinski definition) is 2. The number of piperidine rings is 1. The predicted octanol–water partition coefficient (Wildman–Crippen LogP) is 1.02. The Hall–Kier alpha value is -1.68. The monoisotopic (exact) mass is 273 g/mol. The van der Waals surface area contributed by atoms with Gasteiger partial charge < -0.3 is 4.90 Å². The SMILES string of the molecule is CC[C@H]1CCCC[NH+]1CN1C(=O)C(=O)c2ccccc21. The van der Waals surface area contributed by atoms with Crippen LogP contribution in [0, 0.1) is 0 Å². The number of nitrogens with zero attached hydrogens (tertiary/aromatic N) is 1. The standard InChI is InChI=1S/C16H20N2O2/c1-2-12-7-5-6-10-17(12)11-18-14-9-4-3-8-13(14)15(19)16(18)20/h3-4,8-9,12H,2,5-7,10-11H2,1H3/p+1/t12-/m0/s1. The molecule has 0 spiro atoms. The average Bonchev–Trinajstić information content (AvgIpc) is 2.73. The summed E-state index contributed by atoms with van der Waals surface area (Å²) < 4.78 is 0. The zero-order valence-corrected chi connectivity index (χ0v) is 11.9. The number of fused-ring (bicyclic) bond motifs is 1. The van der Waals surface area contributed by atoms with Crippen molar-refractivity contribution in [3.05, 3.63) is 29.8 Å². The summed E-state index contributed by atoms with van der Waals surface area (Å²) in [7, 11) is 0. The highest BCUT2D eigenvalue weighted by molar-refractivity contribution is 6.52. The predicted molar refractivity (Wildman–Crippen MR) is 76.9 cm³/mol. The van der Waals surface area contributed by atoms with Crippen molar-refractivity contribution < 1.29 is 14.5 Å². The van der Waals surface area contributed by atoms with Crippen molar-refractivity contribution in [1.29, 1.82) is 0 Å². The van der Waals surface area contributed by atoms with Gasteiger partial charge in [-0.25, -0.2) is 0 Å². The maximum atomic E-state index is 12.2. The topological polar surface area (TPSA) is 41.8 Å². The number of amides is 1. The van der Waals surface area contributed by atoms with E-state index >= 15 is 0 Å². The second kappa shape index (κ2) is 5.37. The normalized spacial score (nSPS) is 25.9. The molecule has 1 aromatic carbocycles. The van der Waals surface area contributed by atoms with E-state index in [0.29, 0.717) is 18.3 Å². The third kappa shape index (κ3) is 2.14. The van der Waals surface area contributed by atoms with Gasteiger partial charge in [0.05, 0.1) is 23.8 Å². The maximum Gasteiger partial charge on any atom is 0.303 e. The lowest BCUT2D eigenvalue weighted by Gasteiger charge is -2.34. The van der Waals surface area contributed by atoms with E-state index in [9.17, 15) is 9.59 Å². The Labute approximate surface area is 119 Å². The number of carbonyl (C=O) groups excluding carboxylic acids is 2. The molecule has 0 radical (unpaired) electrons. The molecule has 2 aliphatic rings. The highest BCUT2D eigenvalue weighted by Crippen LogP contribution is 2.27. The summed E-state index contributed by atoms with van der Waals surface area (Å²) in [5.74, 6) is -0.718. The van der Waals surface area contributed by atoms with Gasteiger partial charge in [0.2, 0.25) is 0 Å². The second-order valence-corrected chi connectivity index (χ2v) is 5.75. The van der Waals surface area contributed by atoms with Crippen molar-refractivity contribution in [3.63, 3.8) is 0 Å². The molecule has 1 aromatic rings. The zero-order chi connectivity index (χ0) is 14.1. The molecule has 3 rings (SSSR count). The van der Waals surface area contributed by atoms with Crippen LogP contribution in [0.15, 0.2) is 24.3 Å². The summed E-state index contributed by atoms with van der Waals surface area (Å²) in [5.41, 5.74) is 1.34. The first-order chi connectivity index (χ1) is 9.72. The fourth-order valence-corrected chi connectivity index (χ4v) is 3.46. The van der Waals surface area contributed by atoms with Crippen LogP contribution in [0.2, 0.25) is 0 Å². The Morgan fingerprint density at radius 2 is 2.05 bits per heavy atom. The average molecular weight is 273 g/mol. The van der Waals surface area contributed by atoms with E-state index < -0.39 is 0 Å². The molecule has 1 fully saturated rings. The van der Waals surface area contributed by atoms with Gasteiger partial charge in [0.1, 0.15) is 0 Å². The van der Waals surface area contributed by atoms with Gasteiger partial charge in [-0.05, 0) is 37.8 Å². The van der Waals surface area contributed by atoms with Crippen LogP contribution >= 0.6 is 0 Å². The summed E-state index contributed by atoms with van der Waals surface area (Å²) in [6.45, 7) is 3.93. The maximum absolute atomic E-state index is 12.2. The molecular weight excluding hydrogens is 252 g/mol. The molecule has 2 atom stereocenters. The lowest BCUT2D eigenvalue weighted by Crippen LogP contribution is -3.18. The molecular formula is C16H21N2O2+. The highest BCUT2D eigenvalue weighted by atomic mass is 16.2. The molecule has 4 heteroatoms. The largest absolute Gasteiger partial charge is 0.315 e. The van der Waals surface area contributed by atoms with Crippen molar-refractivity contribution in [3.8, 4) is 0 Å². The van der Waals surface area contributed by atoms with Gasteiger partial charge in [0.25, 0.3) is 5.78 Å². The number of Topliss-reactive ketones (excluding diaryl/α,β-unsaturated/α-hetero) is 1. The summed E-state index contributed by atoms with van der Waals surface area (Å²) in [4.78, 5) is 27.3. The van der Waals surface area contributed by atoms with Crippen LogP contribution in [0.3, 0.4) is 0 Å². The fourth-order valence-electron chi connectivity index (χ4n) is 3.46. The van der Waals surface area contributed by atoms with E-state index in [0.717, 1.165) is 18.7 Å². The molecule has 1 saturated heterocycles. The Kier molecular flexibility index (Phi) is 3.57. The van der Waals surface area contributed by atoms with E-state index in [1.807, 2.05) is 18.2 Å². The summed E-state index contributed by atoms with van der Waals surface area (Å²) in [5, 5.41) is 0. The van der Waals surface area contributed by atoms with Gasteiger partial charge >= 0.3 is 5.91 Å². The smallest absolute Gasteiger partial charge is 0.303 e. The third-order valence-corrected chi connectivity index (χ3v) is 4.61. The van der Waals surface area contributed by atoms with E-state index in [-0.39, 0.29) is 11.7 Å². The first-order valence-electron chi connectivity index (χ1n) is 7.52. The van der Waals surface area contributed by atoms with Crippen LogP contribution < -0.4 is 9.80 Å². The van der Waals surface area contributed by atoms with E-state index in [4.69, 9.17) is 0 Å². The quantitative estimate of drug-likeness (QED) is 0.836. The lowest BCUT2D eigenvalue weighted by molar-refractivity contribution is -0.929. The Balaban J connectivity index is 1.84. The minimum absolute atomic E-state index is 0.356. The molecule has 0 aliphatic carbocycles. The molecule has 106 valence electrons. The number of ketones is 1. The lowest BCUT2D eigenvalue weighted by atomic mass is 10.0. The first-order valence-corrected chi connectivity index (χ1v) is 7.52. The summed E-state index contributed by atoms with van der Waals surface area (Å²) in [6, 6.07) is 7.94. The van der Waals surface area contributed by atoms with Crippen molar-refractivity contribution in [2.75, 3.05) is 18.1 Å². The molecule has 4 nitrogen and oxygen atoms in total. The number of para-hydroxylation sites is 1. The van der Waals surface area contributed by atoms with Gasteiger partial charge in [0.15, 0.2) is 6.67 Å². The first kappa shape index (κ1) is 13.3. The second-order valence-electron chi connectivity index (χ2n) is 5.75. The number of carbonyl (C=O) groups is 2. The van der Waals surface area contributed by atoms with Crippen molar-refractivity contribution in [1.82, 2.24) is 0 Å². The molecule has 0 aromatic heterocycles. The number of anilines is 1. The van der Waals surface area contributed by atoms with E-state index in [1.165, 1.54) is 24.2 Å². The highest BCUT2D eigenvalue weighted by Gasteiger charge is 2.38. The number of likely N-dealkylation sites (tertiary alicyclic amines) is 1. The number of rotatable bonds is 3. The number of benzene rings is 1. The van der Waals surface area contributed by atoms with Crippen molar-refractivity contribution >= 4 is 17.4 Å². The van der Waals surface area contributed by atoms with Crippen LogP contribution in [0.1, 0.15) is 43.0 Å². The molecule has 1 unspecified atom stereocenters. The molecule has 1 amide bonds. The van der Waals surface area contributed by atoms with Crippen LogP contribution in [0.5, 0.6) is 0 Å². The summed E-state index contributed by atoms with van der Waals surface area (Å²) in [6.07, 6.45) is 4.85. The van der Waals surface area contributed by atoms with Gasteiger partial charge in [-0.2, -0.15) is 0 Å². The Bertz CT molecular complexity index is 541. The molecule has 0 saturated carbocycles.